The number of fused-ring (bicyclic) bond motifs is 1. The molecule has 27 heavy (non-hydrogen) atoms. The fourth-order valence-electron chi connectivity index (χ4n) is 2.85. The number of benzene rings is 1. The number of carbonyl (C=O) groups excluding carboxylic acids is 1. The van der Waals surface area contributed by atoms with Crippen LogP contribution in [0.4, 0.5) is 0 Å². The Kier molecular flexibility index (Phi) is 4.72. The van der Waals surface area contributed by atoms with Crippen LogP contribution in [-0.4, -0.2) is 25.4 Å². The third-order valence-corrected chi connectivity index (χ3v) is 5.12. The normalized spacial score (nSPS) is 12.4. The van der Waals surface area contributed by atoms with Crippen molar-refractivity contribution >= 4 is 22.2 Å². The molecular formula is C19H19N5O2S. The van der Waals surface area contributed by atoms with Gasteiger partial charge in [-0.25, -0.2) is 4.98 Å². The smallest absolute Gasteiger partial charge is 0.227 e. The molecule has 1 atom stereocenters. The summed E-state index contributed by atoms with van der Waals surface area (Å²) in [4.78, 5) is 22.1. The lowest BCUT2D eigenvalue weighted by Gasteiger charge is -2.10. The molecule has 0 saturated carbocycles. The molecule has 4 aromatic rings. The standard InChI is InChI=1S/C19H19N5O2S/c1-12-5-3-4-6-14(12)18-22-17(26-23-18)8-7-16(25)20-13(2)15-11-24-9-10-27-19(24)21-15/h3-6,9-11,13H,7-8H2,1-2H3,(H,20,25)/t13-/m1/s1. The van der Waals surface area contributed by atoms with Crippen molar-refractivity contribution in [1.29, 1.82) is 0 Å². The summed E-state index contributed by atoms with van der Waals surface area (Å²) >= 11 is 1.56. The van der Waals surface area contributed by atoms with Crippen molar-refractivity contribution in [2.24, 2.45) is 0 Å². The van der Waals surface area contributed by atoms with Crippen molar-refractivity contribution in [3.63, 3.8) is 0 Å². The average Bonchev–Trinajstić information content (AvgIpc) is 3.36. The summed E-state index contributed by atoms with van der Waals surface area (Å²) in [5, 5.41) is 8.96. The number of aryl methyl sites for hydroxylation is 2. The second-order valence-corrected chi connectivity index (χ2v) is 7.25. The van der Waals surface area contributed by atoms with Crippen molar-refractivity contribution in [3.05, 3.63) is 59.2 Å². The molecule has 138 valence electrons. The predicted octanol–water partition coefficient (Wildman–Crippen LogP) is 3.56. The van der Waals surface area contributed by atoms with E-state index in [2.05, 4.69) is 20.4 Å². The Labute approximate surface area is 160 Å². The van der Waals surface area contributed by atoms with E-state index >= 15 is 0 Å². The summed E-state index contributed by atoms with van der Waals surface area (Å²) in [6, 6.07) is 7.70. The quantitative estimate of drug-likeness (QED) is 0.552. The number of imidazole rings is 1. The summed E-state index contributed by atoms with van der Waals surface area (Å²) in [7, 11) is 0. The number of hydrogen-bond acceptors (Lipinski definition) is 6. The number of aromatic nitrogens is 4. The molecule has 3 heterocycles. The maximum Gasteiger partial charge on any atom is 0.227 e. The lowest BCUT2D eigenvalue weighted by Crippen LogP contribution is -2.27. The zero-order valence-corrected chi connectivity index (χ0v) is 15.9. The van der Waals surface area contributed by atoms with Gasteiger partial charge < -0.3 is 9.84 Å². The van der Waals surface area contributed by atoms with Gasteiger partial charge in [-0.2, -0.15) is 4.98 Å². The minimum Gasteiger partial charge on any atom is -0.348 e. The van der Waals surface area contributed by atoms with E-state index in [9.17, 15) is 4.79 Å². The number of nitrogens with one attached hydrogen (secondary N) is 1. The molecule has 4 rings (SSSR count). The van der Waals surface area contributed by atoms with Gasteiger partial charge >= 0.3 is 0 Å². The van der Waals surface area contributed by atoms with Gasteiger partial charge in [-0.15, -0.1) is 11.3 Å². The Morgan fingerprint density at radius 3 is 3.00 bits per heavy atom. The summed E-state index contributed by atoms with van der Waals surface area (Å²) < 4.78 is 7.24. The molecule has 0 aliphatic carbocycles. The first kappa shape index (κ1) is 17.4. The highest BCUT2D eigenvalue weighted by molar-refractivity contribution is 7.15. The summed E-state index contributed by atoms with van der Waals surface area (Å²) in [6.45, 7) is 3.92. The number of carbonyl (C=O) groups is 1. The van der Waals surface area contributed by atoms with E-state index in [0.29, 0.717) is 18.1 Å². The zero-order chi connectivity index (χ0) is 18.8. The lowest BCUT2D eigenvalue weighted by molar-refractivity contribution is -0.121. The van der Waals surface area contributed by atoms with Crippen LogP contribution in [0.5, 0.6) is 0 Å². The summed E-state index contributed by atoms with van der Waals surface area (Å²) in [5.41, 5.74) is 2.86. The fourth-order valence-corrected chi connectivity index (χ4v) is 3.56. The van der Waals surface area contributed by atoms with Crippen LogP contribution in [0.3, 0.4) is 0 Å². The molecule has 7 nitrogen and oxygen atoms in total. The second-order valence-electron chi connectivity index (χ2n) is 6.37. The van der Waals surface area contributed by atoms with Crippen LogP contribution >= 0.6 is 11.3 Å². The second kappa shape index (κ2) is 7.32. The Bertz CT molecular complexity index is 1050. The first-order chi connectivity index (χ1) is 13.1. The largest absolute Gasteiger partial charge is 0.348 e. The third kappa shape index (κ3) is 3.75. The van der Waals surface area contributed by atoms with E-state index in [-0.39, 0.29) is 18.4 Å². The van der Waals surface area contributed by atoms with Crippen molar-refractivity contribution in [2.45, 2.75) is 32.7 Å². The molecule has 1 aromatic carbocycles. The molecule has 0 aliphatic heterocycles. The summed E-state index contributed by atoms with van der Waals surface area (Å²) in [6.07, 6.45) is 4.56. The molecule has 0 saturated heterocycles. The Morgan fingerprint density at radius 1 is 1.33 bits per heavy atom. The van der Waals surface area contributed by atoms with Crippen LogP contribution in [0.15, 0.2) is 46.6 Å². The molecule has 1 N–H and O–H groups in total. The van der Waals surface area contributed by atoms with Gasteiger partial charge in [0.05, 0.1) is 11.7 Å². The van der Waals surface area contributed by atoms with Crippen LogP contribution in [0, 0.1) is 6.92 Å². The molecule has 1 amide bonds. The van der Waals surface area contributed by atoms with Gasteiger partial charge in [-0.1, -0.05) is 29.4 Å². The topological polar surface area (TPSA) is 85.3 Å². The van der Waals surface area contributed by atoms with Crippen molar-refractivity contribution < 1.29 is 9.32 Å². The van der Waals surface area contributed by atoms with E-state index < -0.39 is 0 Å². The Morgan fingerprint density at radius 2 is 2.19 bits per heavy atom. The van der Waals surface area contributed by atoms with E-state index in [1.54, 1.807) is 11.3 Å². The highest BCUT2D eigenvalue weighted by atomic mass is 32.1. The van der Waals surface area contributed by atoms with Gasteiger partial charge in [-0.05, 0) is 19.4 Å². The number of rotatable bonds is 6. The van der Waals surface area contributed by atoms with Crippen molar-refractivity contribution in [3.8, 4) is 11.4 Å². The summed E-state index contributed by atoms with van der Waals surface area (Å²) in [5.74, 6) is 0.933. The maximum atomic E-state index is 12.3. The number of thiazole rings is 1. The number of nitrogens with zero attached hydrogens (tertiary/aromatic N) is 4. The van der Waals surface area contributed by atoms with Crippen LogP contribution in [0.2, 0.25) is 0 Å². The molecule has 0 aliphatic rings. The lowest BCUT2D eigenvalue weighted by atomic mass is 10.1. The van der Waals surface area contributed by atoms with E-state index in [4.69, 9.17) is 4.52 Å². The molecule has 3 aromatic heterocycles. The molecule has 0 bridgehead atoms. The SMILES string of the molecule is Cc1ccccc1-c1noc(CCC(=O)N[C@H](C)c2cn3ccsc3n2)n1. The van der Waals surface area contributed by atoms with Crippen molar-refractivity contribution in [1.82, 2.24) is 24.8 Å². The van der Waals surface area contributed by atoms with Crippen molar-refractivity contribution in [2.75, 3.05) is 0 Å². The highest BCUT2D eigenvalue weighted by Crippen LogP contribution is 2.20. The van der Waals surface area contributed by atoms with E-state index in [1.807, 2.05) is 60.3 Å². The molecular weight excluding hydrogens is 362 g/mol. The van der Waals surface area contributed by atoms with E-state index in [1.165, 1.54) is 0 Å². The maximum absolute atomic E-state index is 12.3. The molecule has 0 fully saturated rings. The van der Waals surface area contributed by atoms with Crippen LogP contribution in [-0.2, 0) is 11.2 Å². The third-order valence-electron chi connectivity index (χ3n) is 4.35. The highest BCUT2D eigenvalue weighted by Gasteiger charge is 2.15. The van der Waals surface area contributed by atoms with E-state index in [0.717, 1.165) is 21.8 Å². The molecule has 0 radical (unpaired) electrons. The fraction of sp³-hybridized carbons (Fsp3) is 0.263. The first-order valence-corrected chi connectivity index (χ1v) is 9.58. The van der Waals surface area contributed by atoms with Gasteiger partial charge in [-0.3, -0.25) is 9.20 Å². The Balaban J connectivity index is 1.34. The van der Waals surface area contributed by atoms with Gasteiger partial charge in [0.25, 0.3) is 0 Å². The Hall–Kier alpha value is -3.00. The zero-order valence-electron chi connectivity index (χ0n) is 15.0. The van der Waals surface area contributed by atoms with Gasteiger partial charge in [0.2, 0.25) is 17.6 Å². The van der Waals surface area contributed by atoms with Crippen LogP contribution < -0.4 is 5.32 Å². The first-order valence-electron chi connectivity index (χ1n) is 8.70. The minimum absolute atomic E-state index is 0.0745. The molecule has 0 unspecified atom stereocenters. The van der Waals surface area contributed by atoms with Crippen LogP contribution in [0.1, 0.15) is 36.5 Å². The molecule has 8 heteroatoms. The minimum atomic E-state index is -0.158. The number of hydrogen-bond donors (Lipinski definition) is 1. The molecule has 0 spiro atoms. The monoisotopic (exact) mass is 381 g/mol. The predicted molar refractivity (Wildman–Crippen MR) is 102 cm³/mol. The van der Waals surface area contributed by atoms with Gasteiger partial charge in [0, 0.05) is 36.2 Å². The average molecular weight is 381 g/mol. The van der Waals surface area contributed by atoms with Gasteiger partial charge in [0.15, 0.2) is 4.96 Å². The van der Waals surface area contributed by atoms with Gasteiger partial charge in [0.1, 0.15) is 0 Å². The number of amides is 1. The van der Waals surface area contributed by atoms with Crippen LogP contribution in [0.25, 0.3) is 16.3 Å².